The molecule has 0 atom stereocenters. The Morgan fingerprint density at radius 2 is 1.94 bits per heavy atom. The highest BCUT2D eigenvalue weighted by Crippen LogP contribution is 2.23. The van der Waals surface area contributed by atoms with E-state index >= 15 is 0 Å². The van der Waals surface area contributed by atoms with E-state index in [9.17, 15) is 9.50 Å². The van der Waals surface area contributed by atoms with Crippen LogP contribution in [0.4, 0.5) is 10.1 Å². The summed E-state index contributed by atoms with van der Waals surface area (Å²) >= 11 is 0. The summed E-state index contributed by atoms with van der Waals surface area (Å²) in [5.74, 6) is -0.166. The third kappa shape index (κ3) is 2.73. The first-order valence-corrected chi connectivity index (χ1v) is 5.86. The largest absolute Gasteiger partial charge is 0.393 e. The maximum Gasteiger partial charge on any atom is 0.128 e. The molecule has 0 spiro atoms. The lowest BCUT2D eigenvalue weighted by Crippen LogP contribution is -2.28. The highest BCUT2D eigenvalue weighted by atomic mass is 19.1. The topological polar surface area (TPSA) is 32.3 Å². The molecule has 2 nitrogen and oxygen atoms in total. The summed E-state index contributed by atoms with van der Waals surface area (Å²) < 4.78 is 13.3. The Morgan fingerprint density at radius 3 is 2.56 bits per heavy atom. The summed E-state index contributed by atoms with van der Waals surface area (Å²) in [5, 5.41) is 12.7. The van der Waals surface area contributed by atoms with E-state index in [1.807, 2.05) is 6.07 Å². The predicted octanol–water partition coefficient (Wildman–Crippen LogP) is 2.85. The third-order valence-electron chi connectivity index (χ3n) is 3.24. The van der Waals surface area contributed by atoms with Gasteiger partial charge in [0.05, 0.1) is 6.10 Å². The van der Waals surface area contributed by atoms with Crippen LogP contribution in [0.15, 0.2) is 18.2 Å². The standard InChI is InChI=1S/C13H18FNO/c1-9-2-3-11(8-13(9)14)15-10-4-6-12(16)7-5-10/h2-3,8,10,12,15-16H,4-7H2,1H3. The van der Waals surface area contributed by atoms with Crippen molar-refractivity contribution >= 4 is 5.69 Å². The zero-order valence-corrected chi connectivity index (χ0v) is 9.54. The Hall–Kier alpha value is -1.09. The summed E-state index contributed by atoms with van der Waals surface area (Å²) in [6.07, 6.45) is 3.44. The van der Waals surface area contributed by atoms with Crippen LogP contribution < -0.4 is 5.32 Å². The number of rotatable bonds is 2. The lowest BCUT2D eigenvalue weighted by atomic mass is 9.93. The van der Waals surface area contributed by atoms with Crippen molar-refractivity contribution < 1.29 is 9.50 Å². The second-order valence-corrected chi connectivity index (χ2v) is 4.61. The second-order valence-electron chi connectivity index (χ2n) is 4.61. The summed E-state index contributed by atoms with van der Waals surface area (Å²) in [5.41, 5.74) is 1.51. The molecule has 0 unspecified atom stereocenters. The zero-order chi connectivity index (χ0) is 11.5. The van der Waals surface area contributed by atoms with Gasteiger partial charge < -0.3 is 10.4 Å². The number of hydrogen-bond acceptors (Lipinski definition) is 2. The minimum absolute atomic E-state index is 0.146. The monoisotopic (exact) mass is 223 g/mol. The SMILES string of the molecule is Cc1ccc(NC2CCC(O)CC2)cc1F. The first kappa shape index (κ1) is 11.4. The molecule has 1 aliphatic rings. The minimum Gasteiger partial charge on any atom is -0.393 e. The normalized spacial score (nSPS) is 25.4. The molecule has 0 heterocycles. The molecule has 1 aromatic rings. The fourth-order valence-electron chi connectivity index (χ4n) is 2.14. The van der Waals surface area contributed by atoms with Gasteiger partial charge in [-0.1, -0.05) is 6.07 Å². The Labute approximate surface area is 95.5 Å². The van der Waals surface area contributed by atoms with Gasteiger partial charge in [-0.3, -0.25) is 0 Å². The zero-order valence-electron chi connectivity index (χ0n) is 9.54. The van der Waals surface area contributed by atoms with Crippen LogP contribution in [0.2, 0.25) is 0 Å². The van der Waals surface area contributed by atoms with E-state index in [0.29, 0.717) is 11.6 Å². The molecule has 1 aliphatic carbocycles. The van der Waals surface area contributed by atoms with Crippen LogP contribution in [0.3, 0.4) is 0 Å². The Balaban J connectivity index is 1.96. The molecule has 0 saturated heterocycles. The first-order chi connectivity index (χ1) is 7.65. The molecule has 88 valence electrons. The Morgan fingerprint density at radius 1 is 1.25 bits per heavy atom. The molecular weight excluding hydrogens is 205 g/mol. The van der Waals surface area contributed by atoms with Crippen molar-refractivity contribution in [2.75, 3.05) is 5.32 Å². The highest BCUT2D eigenvalue weighted by molar-refractivity contribution is 5.46. The molecule has 0 aliphatic heterocycles. The van der Waals surface area contributed by atoms with Crippen molar-refractivity contribution in [3.63, 3.8) is 0 Å². The van der Waals surface area contributed by atoms with Crippen LogP contribution in [-0.4, -0.2) is 17.3 Å². The molecule has 0 amide bonds. The maximum atomic E-state index is 13.3. The number of aliphatic hydroxyl groups excluding tert-OH is 1. The second kappa shape index (κ2) is 4.83. The van der Waals surface area contributed by atoms with Gasteiger partial charge in [-0.15, -0.1) is 0 Å². The number of anilines is 1. The van der Waals surface area contributed by atoms with Crippen molar-refractivity contribution in [3.05, 3.63) is 29.6 Å². The van der Waals surface area contributed by atoms with E-state index in [2.05, 4.69) is 5.32 Å². The lowest BCUT2D eigenvalue weighted by molar-refractivity contribution is 0.126. The summed E-state index contributed by atoms with van der Waals surface area (Å²) in [7, 11) is 0. The van der Waals surface area contributed by atoms with E-state index in [0.717, 1.165) is 31.4 Å². The third-order valence-corrected chi connectivity index (χ3v) is 3.24. The van der Waals surface area contributed by atoms with Gasteiger partial charge in [0.2, 0.25) is 0 Å². The van der Waals surface area contributed by atoms with Crippen LogP contribution in [-0.2, 0) is 0 Å². The molecule has 0 radical (unpaired) electrons. The van der Waals surface area contributed by atoms with E-state index in [-0.39, 0.29) is 11.9 Å². The lowest BCUT2D eigenvalue weighted by Gasteiger charge is -2.27. The number of nitrogens with one attached hydrogen (secondary N) is 1. The number of aryl methyl sites for hydroxylation is 1. The van der Waals surface area contributed by atoms with Gasteiger partial charge in [0, 0.05) is 11.7 Å². The van der Waals surface area contributed by atoms with E-state index < -0.39 is 0 Å². The molecule has 0 bridgehead atoms. The molecule has 16 heavy (non-hydrogen) atoms. The fraction of sp³-hybridized carbons (Fsp3) is 0.538. The average molecular weight is 223 g/mol. The summed E-state index contributed by atoms with van der Waals surface area (Å²) in [6.45, 7) is 1.76. The van der Waals surface area contributed by atoms with Crippen LogP contribution in [0, 0.1) is 12.7 Å². The molecule has 2 rings (SSSR count). The maximum absolute atomic E-state index is 13.3. The van der Waals surface area contributed by atoms with Crippen LogP contribution in [0.5, 0.6) is 0 Å². The minimum atomic E-state index is -0.166. The Bertz CT molecular complexity index is 359. The number of aliphatic hydroxyl groups is 1. The predicted molar refractivity (Wildman–Crippen MR) is 63.0 cm³/mol. The summed E-state index contributed by atoms with van der Waals surface area (Å²) in [4.78, 5) is 0. The quantitative estimate of drug-likeness (QED) is 0.808. The van der Waals surface area contributed by atoms with Crippen molar-refractivity contribution in [2.24, 2.45) is 0 Å². The Kier molecular flexibility index (Phi) is 3.44. The number of halogens is 1. The van der Waals surface area contributed by atoms with E-state index in [1.54, 1.807) is 19.1 Å². The highest BCUT2D eigenvalue weighted by Gasteiger charge is 2.19. The van der Waals surface area contributed by atoms with E-state index in [1.165, 1.54) is 0 Å². The van der Waals surface area contributed by atoms with Crippen molar-refractivity contribution in [1.29, 1.82) is 0 Å². The molecule has 1 saturated carbocycles. The van der Waals surface area contributed by atoms with Gasteiger partial charge in [0.25, 0.3) is 0 Å². The molecule has 0 aromatic heterocycles. The van der Waals surface area contributed by atoms with Gasteiger partial charge >= 0.3 is 0 Å². The first-order valence-electron chi connectivity index (χ1n) is 5.86. The van der Waals surface area contributed by atoms with Gasteiger partial charge in [0.15, 0.2) is 0 Å². The van der Waals surface area contributed by atoms with Gasteiger partial charge in [0.1, 0.15) is 5.82 Å². The number of hydrogen-bond donors (Lipinski definition) is 2. The molecule has 3 heteroatoms. The van der Waals surface area contributed by atoms with Crippen molar-refractivity contribution in [2.45, 2.75) is 44.8 Å². The summed E-state index contributed by atoms with van der Waals surface area (Å²) in [6, 6.07) is 5.60. The molecule has 2 N–H and O–H groups in total. The number of benzene rings is 1. The van der Waals surface area contributed by atoms with Crippen LogP contribution in [0.25, 0.3) is 0 Å². The molecular formula is C13H18FNO. The fourth-order valence-corrected chi connectivity index (χ4v) is 2.14. The molecule has 1 aromatic carbocycles. The van der Waals surface area contributed by atoms with Gasteiger partial charge in [-0.05, 0) is 50.3 Å². The van der Waals surface area contributed by atoms with Crippen molar-refractivity contribution in [3.8, 4) is 0 Å². The average Bonchev–Trinajstić information content (AvgIpc) is 2.27. The van der Waals surface area contributed by atoms with Crippen LogP contribution in [0.1, 0.15) is 31.2 Å². The van der Waals surface area contributed by atoms with E-state index in [4.69, 9.17) is 0 Å². The van der Waals surface area contributed by atoms with Gasteiger partial charge in [-0.2, -0.15) is 0 Å². The molecule has 1 fully saturated rings. The smallest absolute Gasteiger partial charge is 0.128 e. The van der Waals surface area contributed by atoms with Gasteiger partial charge in [-0.25, -0.2) is 4.39 Å². The van der Waals surface area contributed by atoms with Crippen LogP contribution >= 0.6 is 0 Å². The van der Waals surface area contributed by atoms with Crippen molar-refractivity contribution in [1.82, 2.24) is 0 Å².